The van der Waals surface area contributed by atoms with E-state index in [2.05, 4.69) is 0 Å². The van der Waals surface area contributed by atoms with Crippen molar-refractivity contribution in [2.45, 2.75) is 39.5 Å². The summed E-state index contributed by atoms with van der Waals surface area (Å²) in [6.07, 6.45) is 3.80. The van der Waals surface area contributed by atoms with Gasteiger partial charge in [0.25, 0.3) is 0 Å². The van der Waals surface area contributed by atoms with Crippen molar-refractivity contribution < 1.29 is 14.7 Å². The van der Waals surface area contributed by atoms with Crippen molar-refractivity contribution in [3.63, 3.8) is 0 Å². The maximum absolute atomic E-state index is 10.2. The molecule has 84 valence electrons. The van der Waals surface area contributed by atoms with Crippen LogP contribution in [0.4, 0.5) is 0 Å². The van der Waals surface area contributed by atoms with E-state index < -0.39 is 5.97 Å². The van der Waals surface area contributed by atoms with E-state index >= 15 is 0 Å². The molecule has 0 aliphatic rings. The van der Waals surface area contributed by atoms with E-state index in [4.69, 9.17) is 10.8 Å². The van der Waals surface area contributed by atoms with Crippen LogP contribution in [-0.4, -0.2) is 23.9 Å². The number of aliphatic carboxylic acids is 1. The van der Waals surface area contributed by atoms with Gasteiger partial charge in [-0.15, -0.1) is 0 Å². The molecule has 3 N–H and O–H groups in total. The highest BCUT2D eigenvalue weighted by Gasteiger charge is 2.10. The predicted octanol–water partition coefficient (Wildman–Crippen LogP) is 1.43. The van der Waals surface area contributed by atoms with Crippen molar-refractivity contribution in [1.29, 1.82) is 0 Å². The summed E-state index contributed by atoms with van der Waals surface area (Å²) in [5.41, 5.74) is 5.06. The molecule has 4 nitrogen and oxygen atoms in total. The van der Waals surface area contributed by atoms with Gasteiger partial charge >= 0.3 is 5.97 Å². The summed E-state index contributed by atoms with van der Waals surface area (Å²) < 4.78 is 0. The van der Waals surface area contributed by atoms with Gasteiger partial charge < -0.3 is 15.6 Å². The van der Waals surface area contributed by atoms with Crippen molar-refractivity contribution in [3.8, 4) is 0 Å². The van der Waals surface area contributed by atoms with Gasteiger partial charge in [-0.3, -0.25) is 4.79 Å². The molecule has 0 atom stereocenters. The first kappa shape index (κ1) is 15.6. The summed E-state index contributed by atoms with van der Waals surface area (Å²) in [6, 6.07) is 0. The lowest BCUT2D eigenvalue weighted by Crippen LogP contribution is -2.10. The summed E-state index contributed by atoms with van der Waals surface area (Å²) in [6.45, 7) is 4.41. The van der Waals surface area contributed by atoms with Gasteiger partial charge in [-0.2, -0.15) is 0 Å². The van der Waals surface area contributed by atoms with Crippen LogP contribution in [0.5, 0.6) is 0 Å². The number of hydrogen-bond acceptors (Lipinski definition) is 3. The summed E-state index contributed by atoms with van der Waals surface area (Å²) in [5.74, 6) is -0.801. The van der Waals surface area contributed by atoms with Crippen LogP contribution in [0.1, 0.15) is 39.5 Å². The highest BCUT2D eigenvalue weighted by Crippen LogP contribution is 2.05. The van der Waals surface area contributed by atoms with Crippen LogP contribution in [0.25, 0.3) is 0 Å². The third kappa shape index (κ3) is 11.1. The molecule has 0 aliphatic heterocycles. The van der Waals surface area contributed by atoms with Gasteiger partial charge in [-0.05, 0) is 25.8 Å². The van der Waals surface area contributed by atoms with Gasteiger partial charge in [-0.1, -0.05) is 13.8 Å². The third-order valence-electron chi connectivity index (χ3n) is 1.86. The Morgan fingerprint density at radius 2 is 1.93 bits per heavy atom. The quantitative estimate of drug-likeness (QED) is 0.505. The van der Waals surface area contributed by atoms with Gasteiger partial charge in [0.05, 0.1) is 5.92 Å². The fourth-order valence-corrected chi connectivity index (χ4v) is 0.839. The van der Waals surface area contributed by atoms with E-state index in [0.717, 1.165) is 25.5 Å². The first-order valence-electron chi connectivity index (χ1n) is 5.00. The molecule has 0 saturated heterocycles. The molecule has 0 unspecified atom stereocenters. The Kier molecular flexibility index (Phi) is 13.5. The highest BCUT2D eigenvalue weighted by atomic mass is 16.4. The van der Waals surface area contributed by atoms with E-state index in [0.29, 0.717) is 13.0 Å². The van der Waals surface area contributed by atoms with Crippen LogP contribution in [0.2, 0.25) is 0 Å². The highest BCUT2D eigenvalue weighted by molar-refractivity contribution is 5.69. The zero-order valence-corrected chi connectivity index (χ0v) is 9.03. The second kappa shape index (κ2) is 12.1. The number of carbonyl (C=O) groups is 2. The molecule has 0 amide bonds. The number of carbonyl (C=O) groups excluding carboxylic acids is 1. The smallest absolute Gasteiger partial charge is 0.306 e. The second-order valence-electron chi connectivity index (χ2n) is 2.95. The molecule has 4 heteroatoms. The molecule has 0 fully saturated rings. The van der Waals surface area contributed by atoms with Crippen LogP contribution < -0.4 is 5.73 Å². The zero-order chi connectivity index (χ0) is 11.4. The fourth-order valence-electron chi connectivity index (χ4n) is 0.839. The molecule has 0 aliphatic carbocycles. The lowest BCUT2D eigenvalue weighted by Gasteiger charge is -2.02. The Balaban J connectivity index is 0. The Morgan fingerprint density at radius 3 is 2.00 bits per heavy atom. The molecule has 0 rings (SSSR count). The van der Waals surface area contributed by atoms with Gasteiger partial charge in [0, 0.05) is 6.42 Å². The van der Waals surface area contributed by atoms with E-state index in [9.17, 15) is 9.59 Å². The molecule has 0 radical (unpaired) electrons. The molecule has 0 saturated carbocycles. The number of rotatable bonds is 6. The Hall–Kier alpha value is -0.900. The van der Waals surface area contributed by atoms with E-state index in [1.165, 1.54) is 0 Å². The first-order chi connectivity index (χ1) is 6.63. The second-order valence-corrected chi connectivity index (χ2v) is 2.95. The van der Waals surface area contributed by atoms with Crippen molar-refractivity contribution in [2.75, 3.05) is 6.54 Å². The maximum Gasteiger partial charge on any atom is 0.306 e. The van der Waals surface area contributed by atoms with E-state index in [1.807, 2.05) is 13.8 Å². The van der Waals surface area contributed by atoms with Crippen LogP contribution in [0.3, 0.4) is 0 Å². The molecular formula is C10H21NO3. The van der Waals surface area contributed by atoms with Gasteiger partial charge in [-0.25, -0.2) is 0 Å². The van der Waals surface area contributed by atoms with Crippen molar-refractivity contribution >= 4 is 12.3 Å². The Morgan fingerprint density at radius 1 is 1.43 bits per heavy atom. The monoisotopic (exact) mass is 203 g/mol. The largest absolute Gasteiger partial charge is 0.481 e. The number of carboxylic acid groups (broad SMARTS) is 1. The average molecular weight is 203 g/mol. The Bertz CT molecular complexity index is 144. The molecule has 0 spiro atoms. The van der Waals surface area contributed by atoms with Crippen LogP contribution in [0, 0.1) is 5.92 Å². The minimum Gasteiger partial charge on any atom is -0.481 e. The zero-order valence-electron chi connectivity index (χ0n) is 9.03. The number of unbranched alkanes of at least 4 members (excludes halogenated alkanes) is 1. The normalized spacial score (nSPS) is 9.14. The molecule has 0 aromatic carbocycles. The summed E-state index contributed by atoms with van der Waals surface area (Å²) in [5, 5.41) is 8.37. The van der Waals surface area contributed by atoms with E-state index in [-0.39, 0.29) is 5.92 Å². The van der Waals surface area contributed by atoms with Crippen molar-refractivity contribution in [1.82, 2.24) is 0 Å². The first-order valence-corrected chi connectivity index (χ1v) is 5.00. The molecule has 0 aromatic rings. The minimum atomic E-state index is -0.671. The van der Waals surface area contributed by atoms with Crippen molar-refractivity contribution in [2.24, 2.45) is 11.7 Å². The summed E-state index contributed by atoms with van der Waals surface area (Å²) in [4.78, 5) is 19.7. The molecule has 0 heterocycles. The lowest BCUT2D eigenvalue weighted by molar-refractivity contribution is -0.141. The predicted molar refractivity (Wildman–Crippen MR) is 56.1 cm³/mol. The van der Waals surface area contributed by atoms with E-state index in [1.54, 1.807) is 0 Å². The number of carboxylic acids is 1. The fraction of sp³-hybridized carbons (Fsp3) is 0.800. The molecule has 0 bridgehead atoms. The van der Waals surface area contributed by atoms with Crippen LogP contribution in [-0.2, 0) is 9.59 Å². The van der Waals surface area contributed by atoms with Crippen LogP contribution >= 0.6 is 0 Å². The maximum atomic E-state index is 10.2. The number of aldehydes is 1. The third-order valence-corrected chi connectivity index (χ3v) is 1.86. The molecular weight excluding hydrogens is 182 g/mol. The van der Waals surface area contributed by atoms with Crippen LogP contribution in [0.15, 0.2) is 0 Å². The minimum absolute atomic E-state index is 0.130. The summed E-state index contributed by atoms with van der Waals surface area (Å²) in [7, 11) is 0. The topological polar surface area (TPSA) is 80.4 Å². The van der Waals surface area contributed by atoms with Gasteiger partial charge in [0.2, 0.25) is 0 Å². The molecule has 14 heavy (non-hydrogen) atoms. The van der Waals surface area contributed by atoms with Crippen molar-refractivity contribution in [3.05, 3.63) is 0 Å². The average Bonchev–Trinajstić information content (AvgIpc) is 2.17. The van der Waals surface area contributed by atoms with Gasteiger partial charge in [0.15, 0.2) is 0 Å². The standard InChI is InChI=1S/C6H12O2.C4H9NO/c1-3-5(4-2)6(7)8;5-3-1-2-4-6/h5H,3-4H2,1-2H3,(H,7,8);4H,1-3,5H2. The summed E-state index contributed by atoms with van der Waals surface area (Å²) >= 11 is 0. The lowest BCUT2D eigenvalue weighted by atomic mass is 10.1. The Labute approximate surface area is 85.5 Å². The number of nitrogens with two attached hydrogens (primary N) is 1. The SMILES string of the molecule is CCC(CC)C(=O)O.NCCCC=O. The van der Waals surface area contributed by atoms with Gasteiger partial charge in [0.1, 0.15) is 6.29 Å². The molecule has 0 aromatic heterocycles. The number of hydrogen-bond donors (Lipinski definition) is 2.